The Bertz CT molecular complexity index is 1420. The molecular formula is C63H104O6. The van der Waals surface area contributed by atoms with E-state index in [0.717, 1.165) is 116 Å². The van der Waals surface area contributed by atoms with Gasteiger partial charge in [0.05, 0.1) is 0 Å². The van der Waals surface area contributed by atoms with Crippen molar-refractivity contribution in [2.45, 2.75) is 258 Å². The zero-order valence-electron chi connectivity index (χ0n) is 44.8. The molecule has 0 saturated carbocycles. The maximum absolute atomic E-state index is 12.9. The van der Waals surface area contributed by atoms with Crippen LogP contribution in [0.25, 0.3) is 0 Å². The molecule has 0 aliphatic heterocycles. The first-order chi connectivity index (χ1) is 34.0. The summed E-state index contributed by atoms with van der Waals surface area (Å²) in [5.74, 6) is -0.975. The van der Waals surface area contributed by atoms with E-state index in [0.29, 0.717) is 25.7 Å². The maximum Gasteiger partial charge on any atom is 0.306 e. The lowest BCUT2D eigenvalue weighted by molar-refractivity contribution is -0.167. The second kappa shape index (κ2) is 56.7. The van der Waals surface area contributed by atoms with Crippen molar-refractivity contribution in [2.75, 3.05) is 13.2 Å². The molecule has 1 atom stereocenters. The molecule has 0 aliphatic rings. The van der Waals surface area contributed by atoms with Gasteiger partial charge in [-0.05, 0) is 103 Å². The van der Waals surface area contributed by atoms with Crippen molar-refractivity contribution in [3.63, 3.8) is 0 Å². The minimum absolute atomic E-state index is 0.107. The maximum atomic E-state index is 12.9. The predicted molar refractivity (Wildman–Crippen MR) is 297 cm³/mol. The van der Waals surface area contributed by atoms with Crippen LogP contribution in [-0.2, 0) is 28.6 Å². The van der Waals surface area contributed by atoms with Gasteiger partial charge in [-0.3, -0.25) is 14.4 Å². The summed E-state index contributed by atoms with van der Waals surface area (Å²) >= 11 is 0. The lowest BCUT2D eigenvalue weighted by Crippen LogP contribution is -2.30. The number of carbonyl (C=O) groups is 3. The molecule has 0 bridgehead atoms. The third kappa shape index (κ3) is 54.9. The van der Waals surface area contributed by atoms with Crippen molar-refractivity contribution in [2.24, 2.45) is 0 Å². The van der Waals surface area contributed by atoms with Crippen LogP contribution in [0.1, 0.15) is 252 Å². The van der Waals surface area contributed by atoms with Crippen molar-refractivity contribution in [3.8, 4) is 0 Å². The molecule has 1 unspecified atom stereocenters. The third-order valence-electron chi connectivity index (χ3n) is 11.8. The predicted octanol–water partition coefficient (Wildman–Crippen LogP) is 19.1. The lowest BCUT2D eigenvalue weighted by atomic mass is 10.0. The van der Waals surface area contributed by atoms with Gasteiger partial charge >= 0.3 is 17.9 Å². The van der Waals surface area contributed by atoms with Gasteiger partial charge in [0.2, 0.25) is 0 Å². The summed E-state index contributed by atoms with van der Waals surface area (Å²) in [6.45, 7) is 6.36. The Morgan fingerprint density at radius 2 is 0.565 bits per heavy atom. The minimum atomic E-state index is -0.808. The highest BCUT2D eigenvalue weighted by atomic mass is 16.6. The summed E-state index contributed by atoms with van der Waals surface area (Å²) in [6.07, 6.45) is 76.5. The van der Waals surface area contributed by atoms with E-state index < -0.39 is 6.10 Å². The number of ether oxygens (including phenoxy) is 3. The zero-order valence-corrected chi connectivity index (χ0v) is 44.8. The van der Waals surface area contributed by atoms with Gasteiger partial charge in [-0.15, -0.1) is 0 Å². The van der Waals surface area contributed by atoms with Gasteiger partial charge in [0, 0.05) is 19.3 Å². The normalized spacial score (nSPS) is 12.9. The molecule has 0 heterocycles. The van der Waals surface area contributed by atoms with E-state index in [-0.39, 0.29) is 31.1 Å². The Kier molecular flexibility index (Phi) is 53.4. The first kappa shape index (κ1) is 65.1. The summed E-state index contributed by atoms with van der Waals surface area (Å²) in [7, 11) is 0. The molecule has 0 N–H and O–H groups in total. The monoisotopic (exact) mass is 957 g/mol. The Morgan fingerprint density at radius 1 is 0.304 bits per heavy atom. The Morgan fingerprint density at radius 3 is 0.913 bits per heavy atom. The van der Waals surface area contributed by atoms with Gasteiger partial charge in [0.1, 0.15) is 13.2 Å². The first-order valence-electron chi connectivity index (χ1n) is 28.4. The zero-order chi connectivity index (χ0) is 50.0. The van der Waals surface area contributed by atoms with Crippen LogP contribution in [0.2, 0.25) is 0 Å². The fourth-order valence-electron chi connectivity index (χ4n) is 7.58. The van der Waals surface area contributed by atoms with E-state index in [1.165, 1.54) is 89.9 Å². The molecule has 6 heteroatoms. The van der Waals surface area contributed by atoms with E-state index in [2.05, 4.69) is 130 Å². The molecule has 0 aromatic rings. The molecule has 0 aromatic carbocycles. The fraction of sp³-hybridized carbons (Fsp3) is 0.667. The molecule has 0 rings (SSSR count). The molecule has 392 valence electrons. The molecular weight excluding hydrogens is 853 g/mol. The van der Waals surface area contributed by atoms with Crippen LogP contribution < -0.4 is 0 Å². The number of esters is 3. The lowest BCUT2D eigenvalue weighted by Gasteiger charge is -2.18. The van der Waals surface area contributed by atoms with E-state index >= 15 is 0 Å². The smallest absolute Gasteiger partial charge is 0.306 e. The van der Waals surface area contributed by atoms with Gasteiger partial charge in [-0.2, -0.15) is 0 Å². The van der Waals surface area contributed by atoms with Crippen molar-refractivity contribution < 1.29 is 28.6 Å². The number of unbranched alkanes of at least 4 members (excludes halogenated alkanes) is 21. The van der Waals surface area contributed by atoms with Crippen molar-refractivity contribution in [1.29, 1.82) is 0 Å². The van der Waals surface area contributed by atoms with Gasteiger partial charge in [0.15, 0.2) is 6.10 Å². The fourth-order valence-corrected chi connectivity index (χ4v) is 7.58. The summed E-state index contributed by atoms with van der Waals surface area (Å²) in [6, 6.07) is 0. The highest BCUT2D eigenvalue weighted by Gasteiger charge is 2.19. The van der Waals surface area contributed by atoms with Gasteiger partial charge < -0.3 is 14.2 Å². The topological polar surface area (TPSA) is 78.9 Å². The van der Waals surface area contributed by atoms with E-state index in [9.17, 15) is 14.4 Å². The van der Waals surface area contributed by atoms with E-state index in [1.807, 2.05) is 0 Å². The highest BCUT2D eigenvalue weighted by molar-refractivity contribution is 5.71. The molecule has 0 aliphatic carbocycles. The average molecular weight is 958 g/mol. The van der Waals surface area contributed by atoms with Crippen LogP contribution in [0.15, 0.2) is 109 Å². The Labute approximate surface area is 425 Å². The molecule has 6 nitrogen and oxygen atoms in total. The van der Waals surface area contributed by atoms with Gasteiger partial charge in [-0.25, -0.2) is 0 Å². The molecule has 0 spiro atoms. The van der Waals surface area contributed by atoms with E-state index in [1.54, 1.807) is 0 Å². The van der Waals surface area contributed by atoms with Crippen molar-refractivity contribution >= 4 is 17.9 Å². The van der Waals surface area contributed by atoms with Crippen LogP contribution in [0.5, 0.6) is 0 Å². The second-order valence-electron chi connectivity index (χ2n) is 18.4. The summed E-state index contributed by atoms with van der Waals surface area (Å²) < 4.78 is 16.8. The van der Waals surface area contributed by atoms with Crippen LogP contribution >= 0.6 is 0 Å². The van der Waals surface area contributed by atoms with Crippen LogP contribution in [0.4, 0.5) is 0 Å². The molecule has 0 amide bonds. The van der Waals surface area contributed by atoms with Crippen molar-refractivity contribution in [1.82, 2.24) is 0 Å². The second-order valence-corrected chi connectivity index (χ2v) is 18.4. The minimum Gasteiger partial charge on any atom is -0.462 e. The SMILES string of the molecule is CC/C=C\C/C=C\C/C=C\C/C=C\C/C=C\C/C=C\CCCCC(=O)OCC(COC(=O)CCCCC/C=C\C/C=C\C/C=C\CC)OC(=O)CCCCCCCCCCCCCCCCCCC. The standard InChI is InChI=1S/C63H104O6/c1-4-7-10-13-16-19-22-25-27-29-30-31-32-34-35-38-41-44-47-50-53-56-62(65)68-59-60(58-67-61(64)55-52-49-46-43-40-37-24-21-18-15-12-9-6-3)69-63(66)57-54-51-48-45-42-39-36-33-28-26-23-20-17-14-11-8-5-2/h7,9-10,12,16,18-19,21,25,27,30-31,34-35,37,40-41,44,60H,4-6,8,11,13-15,17,20,22-24,26,28-29,32-33,36,38-39,42-43,45-59H2,1-3H3/b10-7-,12-9-,19-16-,21-18-,27-25-,31-30-,35-34-,40-37-,44-41-. The highest BCUT2D eigenvalue weighted by Crippen LogP contribution is 2.15. The Hall–Kier alpha value is -3.93. The quantitative estimate of drug-likeness (QED) is 0.0262. The largest absolute Gasteiger partial charge is 0.462 e. The first-order valence-corrected chi connectivity index (χ1v) is 28.4. The van der Waals surface area contributed by atoms with Gasteiger partial charge in [-0.1, -0.05) is 239 Å². The number of rotatable bonds is 50. The summed E-state index contributed by atoms with van der Waals surface area (Å²) in [5, 5.41) is 0. The molecule has 0 saturated heterocycles. The summed E-state index contributed by atoms with van der Waals surface area (Å²) in [4.78, 5) is 38.1. The molecule has 0 aromatic heterocycles. The van der Waals surface area contributed by atoms with Crippen LogP contribution in [0.3, 0.4) is 0 Å². The number of hydrogen-bond donors (Lipinski definition) is 0. The molecule has 0 radical (unpaired) electrons. The van der Waals surface area contributed by atoms with Gasteiger partial charge in [0.25, 0.3) is 0 Å². The molecule has 69 heavy (non-hydrogen) atoms. The number of carbonyl (C=O) groups excluding carboxylic acids is 3. The van der Waals surface area contributed by atoms with Crippen LogP contribution in [-0.4, -0.2) is 37.2 Å². The summed E-state index contributed by atoms with van der Waals surface area (Å²) in [5.41, 5.74) is 0. The van der Waals surface area contributed by atoms with E-state index in [4.69, 9.17) is 14.2 Å². The third-order valence-corrected chi connectivity index (χ3v) is 11.8. The molecule has 0 fully saturated rings. The number of allylic oxidation sites excluding steroid dienone is 18. The Balaban J connectivity index is 4.47. The number of hydrogen-bond acceptors (Lipinski definition) is 6. The van der Waals surface area contributed by atoms with Crippen LogP contribution in [0, 0.1) is 0 Å². The van der Waals surface area contributed by atoms with Crippen molar-refractivity contribution in [3.05, 3.63) is 109 Å². The average Bonchev–Trinajstić information content (AvgIpc) is 3.35.